The van der Waals surface area contributed by atoms with Gasteiger partial charge in [-0.25, -0.2) is 13.1 Å². The summed E-state index contributed by atoms with van der Waals surface area (Å²) in [5.41, 5.74) is 0.713. The molecule has 1 amide bonds. The van der Waals surface area contributed by atoms with E-state index in [1.54, 1.807) is 11.8 Å². The van der Waals surface area contributed by atoms with E-state index in [0.717, 1.165) is 24.4 Å². The van der Waals surface area contributed by atoms with Crippen molar-refractivity contribution < 1.29 is 13.2 Å². The number of hydrogen-bond donors (Lipinski definition) is 2. The maximum absolute atomic E-state index is 12.0. The normalized spacial score (nSPS) is 16.4. The molecule has 1 aliphatic rings. The largest absolute Gasteiger partial charge is 0.339 e. The third kappa shape index (κ3) is 3.70. The molecule has 1 aliphatic heterocycles. The number of carbonyl (C=O) groups is 1. The van der Waals surface area contributed by atoms with Gasteiger partial charge in [-0.2, -0.15) is 0 Å². The van der Waals surface area contributed by atoms with E-state index in [1.807, 2.05) is 0 Å². The zero-order chi connectivity index (χ0) is 14.8. The average Bonchev–Trinajstić information content (AvgIpc) is 2.78. The lowest BCUT2D eigenvalue weighted by molar-refractivity contribution is -0.130. The molecule has 0 unspecified atom stereocenters. The summed E-state index contributed by atoms with van der Waals surface area (Å²) in [6.45, 7) is 4.19. The highest BCUT2D eigenvalue weighted by Crippen LogP contribution is 2.29. The molecule has 9 heteroatoms. The standard InChI is InChI=1S/C11H16ClN3O3S2/c1-8-6-10(19-11(8)12)20(17,18)14-7-9(16)15-4-2-13-3-5-15/h6,13-14H,2-5,7H2,1H3. The Kier molecular flexibility index (Phi) is 5.03. The van der Waals surface area contributed by atoms with Crippen molar-refractivity contribution in [1.29, 1.82) is 0 Å². The third-order valence-corrected chi connectivity index (χ3v) is 6.41. The maximum Gasteiger partial charge on any atom is 0.250 e. The number of carbonyl (C=O) groups excluding carboxylic acids is 1. The van der Waals surface area contributed by atoms with Crippen molar-refractivity contribution >= 4 is 38.9 Å². The summed E-state index contributed by atoms with van der Waals surface area (Å²) < 4.78 is 27.0. The minimum atomic E-state index is -3.67. The molecule has 0 aliphatic carbocycles. The van der Waals surface area contributed by atoms with Crippen LogP contribution in [0, 0.1) is 6.92 Å². The van der Waals surface area contributed by atoms with Crippen molar-refractivity contribution in [3.63, 3.8) is 0 Å². The van der Waals surface area contributed by atoms with Crippen molar-refractivity contribution in [2.45, 2.75) is 11.1 Å². The molecule has 112 valence electrons. The molecule has 0 radical (unpaired) electrons. The van der Waals surface area contributed by atoms with Crippen molar-refractivity contribution in [2.75, 3.05) is 32.7 Å². The van der Waals surface area contributed by atoms with E-state index in [9.17, 15) is 13.2 Å². The summed E-state index contributed by atoms with van der Waals surface area (Å²) >= 11 is 6.85. The van der Waals surface area contributed by atoms with Crippen LogP contribution >= 0.6 is 22.9 Å². The topological polar surface area (TPSA) is 78.5 Å². The van der Waals surface area contributed by atoms with Crippen LogP contribution in [-0.4, -0.2) is 51.9 Å². The molecule has 0 spiro atoms. The smallest absolute Gasteiger partial charge is 0.250 e. The number of thiophene rings is 1. The van der Waals surface area contributed by atoms with Crippen LogP contribution in [0.15, 0.2) is 10.3 Å². The Morgan fingerprint density at radius 2 is 2.15 bits per heavy atom. The van der Waals surface area contributed by atoms with Gasteiger partial charge in [0.25, 0.3) is 10.0 Å². The van der Waals surface area contributed by atoms with Crippen LogP contribution in [0.4, 0.5) is 0 Å². The highest BCUT2D eigenvalue weighted by molar-refractivity contribution is 7.91. The van der Waals surface area contributed by atoms with Crippen LogP contribution in [0.3, 0.4) is 0 Å². The van der Waals surface area contributed by atoms with E-state index >= 15 is 0 Å². The molecular formula is C11H16ClN3O3S2. The average molecular weight is 338 g/mol. The molecule has 1 aromatic heterocycles. The van der Waals surface area contributed by atoms with E-state index in [0.29, 0.717) is 23.0 Å². The Hall–Kier alpha value is -0.670. The summed E-state index contributed by atoms with van der Waals surface area (Å²) in [7, 11) is -3.67. The number of sulfonamides is 1. The highest BCUT2D eigenvalue weighted by atomic mass is 35.5. The molecule has 2 N–H and O–H groups in total. The summed E-state index contributed by atoms with van der Waals surface area (Å²) in [4.78, 5) is 13.5. The fraction of sp³-hybridized carbons (Fsp3) is 0.545. The number of hydrogen-bond acceptors (Lipinski definition) is 5. The van der Waals surface area contributed by atoms with Crippen molar-refractivity contribution in [3.05, 3.63) is 16.0 Å². The van der Waals surface area contributed by atoms with E-state index < -0.39 is 10.0 Å². The quantitative estimate of drug-likeness (QED) is 0.834. The first kappa shape index (κ1) is 15.7. The van der Waals surface area contributed by atoms with Gasteiger partial charge in [0.2, 0.25) is 5.91 Å². The van der Waals surface area contributed by atoms with Crippen molar-refractivity contribution in [1.82, 2.24) is 14.9 Å². The summed E-state index contributed by atoms with van der Waals surface area (Å²) in [6, 6.07) is 1.50. The Labute approximate surface area is 127 Å². The van der Waals surface area contributed by atoms with Gasteiger partial charge in [0.05, 0.1) is 10.9 Å². The SMILES string of the molecule is Cc1cc(S(=O)(=O)NCC(=O)N2CCNCC2)sc1Cl. The molecule has 6 nitrogen and oxygen atoms in total. The van der Waals surface area contributed by atoms with Gasteiger partial charge in [0, 0.05) is 26.2 Å². The predicted molar refractivity (Wildman–Crippen MR) is 78.7 cm³/mol. The minimum absolute atomic E-state index is 0.133. The van der Waals surface area contributed by atoms with E-state index in [2.05, 4.69) is 10.0 Å². The number of nitrogens with zero attached hydrogens (tertiary/aromatic N) is 1. The summed E-state index contributed by atoms with van der Waals surface area (Å²) in [5, 5.41) is 3.13. The van der Waals surface area contributed by atoms with Gasteiger partial charge in [-0.1, -0.05) is 11.6 Å². The van der Waals surface area contributed by atoms with Crippen LogP contribution in [0.2, 0.25) is 4.34 Å². The lowest BCUT2D eigenvalue weighted by atomic mass is 10.3. The van der Waals surface area contributed by atoms with Gasteiger partial charge in [-0.15, -0.1) is 11.3 Å². The first-order valence-corrected chi connectivity index (χ1v) is 8.82. The zero-order valence-electron chi connectivity index (χ0n) is 11.0. The molecule has 0 aromatic carbocycles. The second kappa shape index (κ2) is 6.40. The van der Waals surface area contributed by atoms with Crippen molar-refractivity contribution in [2.24, 2.45) is 0 Å². The van der Waals surface area contributed by atoms with E-state index in [4.69, 9.17) is 11.6 Å². The number of aryl methyl sites for hydroxylation is 1. The van der Waals surface area contributed by atoms with E-state index in [-0.39, 0.29) is 16.7 Å². The number of amides is 1. The van der Waals surface area contributed by atoms with E-state index in [1.165, 1.54) is 6.07 Å². The predicted octanol–water partition coefficient (Wildman–Crippen LogP) is 0.420. The maximum atomic E-state index is 12.0. The Balaban J connectivity index is 1.96. The molecule has 2 heterocycles. The van der Waals surface area contributed by atoms with Crippen LogP contribution in [-0.2, 0) is 14.8 Å². The third-order valence-electron chi connectivity index (χ3n) is 2.98. The van der Waals surface area contributed by atoms with Crippen molar-refractivity contribution in [3.8, 4) is 0 Å². The van der Waals surface area contributed by atoms with Gasteiger partial charge in [0.15, 0.2) is 0 Å². The van der Waals surface area contributed by atoms with Gasteiger partial charge in [0.1, 0.15) is 4.21 Å². The zero-order valence-corrected chi connectivity index (χ0v) is 13.4. The fourth-order valence-electron chi connectivity index (χ4n) is 1.82. The molecule has 0 bridgehead atoms. The van der Waals surface area contributed by atoms with Gasteiger partial charge < -0.3 is 10.2 Å². The van der Waals surface area contributed by atoms with Crippen LogP contribution in [0.25, 0.3) is 0 Å². The molecule has 1 aromatic rings. The second-order valence-corrected chi connectivity index (χ2v) is 8.13. The van der Waals surface area contributed by atoms with Crippen LogP contribution in [0.5, 0.6) is 0 Å². The molecule has 0 saturated carbocycles. The number of halogens is 1. The fourth-order valence-corrected chi connectivity index (χ4v) is 4.54. The monoisotopic (exact) mass is 337 g/mol. The summed E-state index contributed by atoms with van der Waals surface area (Å²) in [6.07, 6.45) is 0. The molecular weight excluding hydrogens is 322 g/mol. The Morgan fingerprint density at radius 3 is 2.70 bits per heavy atom. The summed E-state index contributed by atoms with van der Waals surface area (Å²) in [5.74, 6) is -0.213. The molecule has 20 heavy (non-hydrogen) atoms. The van der Waals surface area contributed by atoms with Gasteiger partial charge >= 0.3 is 0 Å². The lowest BCUT2D eigenvalue weighted by Crippen LogP contribution is -2.49. The van der Waals surface area contributed by atoms with Crippen LogP contribution < -0.4 is 10.0 Å². The Morgan fingerprint density at radius 1 is 1.50 bits per heavy atom. The van der Waals surface area contributed by atoms with Crippen LogP contribution in [0.1, 0.15) is 5.56 Å². The molecule has 1 saturated heterocycles. The molecule has 1 fully saturated rings. The first-order chi connectivity index (χ1) is 9.40. The van der Waals surface area contributed by atoms with Gasteiger partial charge in [-0.3, -0.25) is 4.79 Å². The van der Waals surface area contributed by atoms with Gasteiger partial charge in [-0.05, 0) is 18.6 Å². The Bertz CT molecular complexity index is 575. The lowest BCUT2D eigenvalue weighted by Gasteiger charge is -2.27. The number of rotatable bonds is 4. The minimum Gasteiger partial charge on any atom is -0.339 e. The number of nitrogens with one attached hydrogen (secondary N) is 2. The highest BCUT2D eigenvalue weighted by Gasteiger charge is 2.22. The molecule has 0 atom stereocenters. The number of piperazine rings is 1. The second-order valence-electron chi connectivity index (χ2n) is 4.48. The molecule has 2 rings (SSSR count). The first-order valence-electron chi connectivity index (χ1n) is 6.14.